The largest absolute Gasteiger partial charge is 0.349 e. The molecule has 0 aliphatic rings. The predicted molar refractivity (Wildman–Crippen MR) is 114 cm³/mol. The van der Waals surface area contributed by atoms with E-state index >= 15 is 0 Å². The molecule has 2 amide bonds. The van der Waals surface area contributed by atoms with Crippen molar-refractivity contribution in [2.24, 2.45) is 0 Å². The summed E-state index contributed by atoms with van der Waals surface area (Å²) in [6.45, 7) is 5.48. The first-order chi connectivity index (χ1) is 13.4. The van der Waals surface area contributed by atoms with Crippen LogP contribution in [-0.4, -0.2) is 43.9 Å². The van der Waals surface area contributed by atoms with E-state index in [9.17, 15) is 9.59 Å². The summed E-state index contributed by atoms with van der Waals surface area (Å²) in [5, 5.41) is 5.61. The second-order valence-electron chi connectivity index (χ2n) is 7.26. The van der Waals surface area contributed by atoms with Crippen molar-refractivity contribution in [3.63, 3.8) is 0 Å². The Hall–Kier alpha value is -2.92. The lowest BCUT2D eigenvalue weighted by molar-refractivity contribution is -0.117. The van der Waals surface area contributed by atoms with E-state index in [0.717, 1.165) is 12.1 Å². The molecule has 0 radical (unpaired) electrons. The Balaban J connectivity index is 2.21. The van der Waals surface area contributed by atoms with Crippen LogP contribution in [0.2, 0.25) is 0 Å². The third-order valence-corrected chi connectivity index (χ3v) is 4.29. The van der Waals surface area contributed by atoms with E-state index in [1.54, 1.807) is 30.3 Å². The van der Waals surface area contributed by atoms with Gasteiger partial charge in [-0.25, -0.2) is 0 Å². The Morgan fingerprint density at radius 3 is 2.21 bits per heavy atom. The van der Waals surface area contributed by atoms with Gasteiger partial charge in [0.2, 0.25) is 0 Å². The molecule has 2 N–H and O–H groups in total. The van der Waals surface area contributed by atoms with E-state index in [-0.39, 0.29) is 17.5 Å². The molecule has 0 aromatic heterocycles. The lowest BCUT2D eigenvalue weighted by atomic mass is 10.0. The van der Waals surface area contributed by atoms with Gasteiger partial charge in [-0.15, -0.1) is 0 Å². The lowest BCUT2D eigenvalue weighted by Crippen LogP contribution is -2.37. The van der Waals surface area contributed by atoms with Crippen LogP contribution in [0.15, 0.2) is 60.3 Å². The Kier molecular flexibility index (Phi) is 7.96. The summed E-state index contributed by atoms with van der Waals surface area (Å²) in [4.78, 5) is 27.2. The SMILES string of the molecule is CC(C)c1ccc(C=C(NC(=O)c2ccccc2)C(=O)NCCN(C)C)cc1. The molecule has 2 aromatic carbocycles. The Morgan fingerprint density at radius 1 is 1.00 bits per heavy atom. The van der Waals surface area contributed by atoms with E-state index in [2.05, 4.69) is 24.5 Å². The van der Waals surface area contributed by atoms with Gasteiger partial charge in [0.25, 0.3) is 11.8 Å². The van der Waals surface area contributed by atoms with E-state index < -0.39 is 0 Å². The molecule has 2 aromatic rings. The highest BCUT2D eigenvalue weighted by Gasteiger charge is 2.14. The molecule has 0 bridgehead atoms. The van der Waals surface area contributed by atoms with Gasteiger partial charge in [0.1, 0.15) is 5.70 Å². The number of likely N-dealkylation sites (N-methyl/N-ethyl adjacent to an activating group) is 1. The van der Waals surface area contributed by atoms with Gasteiger partial charge in [-0.2, -0.15) is 0 Å². The zero-order valence-electron chi connectivity index (χ0n) is 17.0. The van der Waals surface area contributed by atoms with Crippen LogP contribution in [0.4, 0.5) is 0 Å². The van der Waals surface area contributed by atoms with Gasteiger partial charge in [-0.3, -0.25) is 9.59 Å². The van der Waals surface area contributed by atoms with Gasteiger partial charge < -0.3 is 15.5 Å². The molecule has 0 saturated heterocycles. The van der Waals surface area contributed by atoms with Crippen LogP contribution >= 0.6 is 0 Å². The highest BCUT2D eigenvalue weighted by atomic mass is 16.2. The Bertz CT molecular complexity index is 810. The maximum atomic E-state index is 12.7. The smallest absolute Gasteiger partial charge is 0.267 e. The van der Waals surface area contributed by atoms with E-state index in [4.69, 9.17) is 0 Å². The van der Waals surface area contributed by atoms with Crippen molar-refractivity contribution >= 4 is 17.9 Å². The second-order valence-corrected chi connectivity index (χ2v) is 7.26. The highest BCUT2D eigenvalue weighted by molar-refractivity contribution is 6.05. The van der Waals surface area contributed by atoms with Crippen molar-refractivity contribution < 1.29 is 9.59 Å². The van der Waals surface area contributed by atoms with E-state index in [1.165, 1.54) is 5.56 Å². The zero-order valence-corrected chi connectivity index (χ0v) is 17.0. The Morgan fingerprint density at radius 2 is 1.64 bits per heavy atom. The third-order valence-electron chi connectivity index (χ3n) is 4.29. The van der Waals surface area contributed by atoms with Crippen LogP contribution in [0.1, 0.15) is 41.3 Å². The number of carbonyl (C=O) groups excluding carboxylic acids is 2. The summed E-state index contributed by atoms with van der Waals surface area (Å²) >= 11 is 0. The second kappa shape index (κ2) is 10.4. The average Bonchev–Trinajstić information content (AvgIpc) is 2.68. The van der Waals surface area contributed by atoms with Crippen LogP contribution in [-0.2, 0) is 4.79 Å². The minimum atomic E-state index is -0.312. The monoisotopic (exact) mass is 379 g/mol. The number of nitrogens with zero attached hydrogens (tertiary/aromatic N) is 1. The number of hydrogen-bond acceptors (Lipinski definition) is 3. The molecule has 0 spiro atoms. The third kappa shape index (κ3) is 6.67. The summed E-state index contributed by atoms with van der Waals surface area (Å²) in [6, 6.07) is 16.9. The molecular formula is C23H29N3O2. The summed E-state index contributed by atoms with van der Waals surface area (Å²) in [5.74, 6) is -0.183. The molecule has 2 rings (SSSR count). The van der Waals surface area contributed by atoms with Gasteiger partial charge in [-0.05, 0) is 49.3 Å². The summed E-state index contributed by atoms with van der Waals surface area (Å²) in [7, 11) is 3.88. The van der Waals surface area contributed by atoms with Crippen molar-refractivity contribution in [1.82, 2.24) is 15.5 Å². The van der Waals surface area contributed by atoms with Gasteiger partial charge in [0.15, 0.2) is 0 Å². The van der Waals surface area contributed by atoms with Crippen molar-refractivity contribution in [3.05, 3.63) is 77.0 Å². The van der Waals surface area contributed by atoms with Crippen molar-refractivity contribution in [1.29, 1.82) is 0 Å². The topological polar surface area (TPSA) is 61.4 Å². The van der Waals surface area contributed by atoms with Crippen LogP contribution in [0.3, 0.4) is 0 Å². The highest BCUT2D eigenvalue weighted by Crippen LogP contribution is 2.16. The molecule has 0 aliphatic carbocycles. The maximum Gasteiger partial charge on any atom is 0.267 e. The number of hydrogen-bond donors (Lipinski definition) is 2. The van der Waals surface area contributed by atoms with Crippen molar-refractivity contribution in [2.75, 3.05) is 27.2 Å². The molecule has 28 heavy (non-hydrogen) atoms. The van der Waals surface area contributed by atoms with Gasteiger partial charge in [-0.1, -0.05) is 56.3 Å². The van der Waals surface area contributed by atoms with Crippen LogP contribution in [0, 0.1) is 0 Å². The first kappa shape index (κ1) is 21.4. The fourth-order valence-electron chi connectivity index (χ4n) is 2.57. The molecule has 0 fully saturated rings. The molecule has 0 atom stereocenters. The number of benzene rings is 2. The normalized spacial score (nSPS) is 11.6. The predicted octanol–water partition coefficient (Wildman–Crippen LogP) is 3.26. The zero-order chi connectivity index (χ0) is 20.5. The number of nitrogens with one attached hydrogen (secondary N) is 2. The molecule has 5 nitrogen and oxygen atoms in total. The van der Waals surface area contributed by atoms with Crippen LogP contribution in [0.5, 0.6) is 0 Å². The lowest BCUT2D eigenvalue weighted by Gasteiger charge is -2.13. The van der Waals surface area contributed by atoms with Crippen molar-refractivity contribution in [3.8, 4) is 0 Å². The average molecular weight is 380 g/mol. The van der Waals surface area contributed by atoms with E-state index in [0.29, 0.717) is 18.0 Å². The first-order valence-electron chi connectivity index (χ1n) is 9.48. The molecule has 148 valence electrons. The molecular weight excluding hydrogens is 350 g/mol. The van der Waals surface area contributed by atoms with E-state index in [1.807, 2.05) is 49.3 Å². The maximum absolute atomic E-state index is 12.7. The summed E-state index contributed by atoms with van der Waals surface area (Å²) < 4.78 is 0. The van der Waals surface area contributed by atoms with Gasteiger partial charge in [0, 0.05) is 18.7 Å². The minimum Gasteiger partial charge on any atom is -0.349 e. The fourth-order valence-corrected chi connectivity index (χ4v) is 2.57. The standard InChI is InChI=1S/C23H29N3O2/c1-17(2)19-12-10-18(11-13-19)16-21(23(28)24-14-15-26(3)4)25-22(27)20-8-6-5-7-9-20/h5-13,16-17H,14-15H2,1-4H3,(H,24,28)(H,25,27). The van der Waals surface area contributed by atoms with Crippen molar-refractivity contribution in [2.45, 2.75) is 19.8 Å². The molecule has 5 heteroatoms. The number of amides is 2. The molecule has 0 unspecified atom stereocenters. The Labute approximate surface area is 167 Å². The van der Waals surface area contributed by atoms with Crippen LogP contribution < -0.4 is 10.6 Å². The van der Waals surface area contributed by atoms with Gasteiger partial charge in [0.05, 0.1) is 0 Å². The molecule has 0 saturated carbocycles. The summed E-state index contributed by atoms with van der Waals surface area (Å²) in [5.41, 5.74) is 2.81. The number of rotatable bonds is 8. The number of carbonyl (C=O) groups is 2. The quantitative estimate of drug-likeness (QED) is 0.692. The van der Waals surface area contributed by atoms with Gasteiger partial charge >= 0.3 is 0 Å². The summed E-state index contributed by atoms with van der Waals surface area (Å²) in [6.07, 6.45) is 1.70. The van der Waals surface area contributed by atoms with Crippen LogP contribution in [0.25, 0.3) is 6.08 Å². The molecule has 0 heterocycles. The molecule has 0 aliphatic heterocycles. The first-order valence-corrected chi connectivity index (χ1v) is 9.48. The fraction of sp³-hybridized carbons (Fsp3) is 0.304. The minimum absolute atomic E-state index is 0.227.